The maximum atomic E-state index is 10.4. The summed E-state index contributed by atoms with van der Waals surface area (Å²) in [5.41, 5.74) is 0. The van der Waals surface area contributed by atoms with Crippen LogP contribution in [-0.2, 0) is 19.3 Å². The average molecular weight is 260 g/mol. The molecule has 0 aromatic carbocycles. The Morgan fingerprint density at radius 1 is 1.31 bits per heavy atom. The van der Waals surface area contributed by atoms with Crippen LogP contribution in [0.5, 0.6) is 0 Å². The zero-order chi connectivity index (χ0) is 12.5. The van der Waals surface area contributed by atoms with Gasteiger partial charge in [-0.2, -0.15) is 8.42 Å². The number of rotatable bonds is 4. The molecule has 0 radical (unpaired) electrons. The van der Waals surface area contributed by atoms with Gasteiger partial charge >= 0.3 is 10.4 Å². The van der Waals surface area contributed by atoms with Gasteiger partial charge in [0.05, 0.1) is 6.61 Å². The van der Waals surface area contributed by atoms with E-state index in [2.05, 4.69) is 4.18 Å². The van der Waals surface area contributed by atoms with Crippen LogP contribution in [0.1, 0.15) is 0 Å². The molecule has 0 aromatic heterocycles. The fraction of sp³-hybridized carbons (Fsp3) is 1.00. The van der Waals surface area contributed by atoms with E-state index < -0.39 is 41.1 Å². The van der Waals surface area contributed by atoms with Crippen molar-refractivity contribution in [3.05, 3.63) is 0 Å². The minimum absolute atomic E-state index is 0.316. The van der Waals surface area contributed by atoms with E-state index in [9.17, 15) is 13.5 Å². The molecule has 0 aromatic rings. The molecule has 4 atom stereocenters. The van der Waals surface area contributed by atoms with E-state index in [-0.39, 0.29) is 6.61 Å². The number of aliphatic hydroxyl groups is 4. The van der Waals surface area contributed by atoms with Crippen LogP contribution in [0.3, 0.4) is 0 Å². The molecule has 0 spiro atoms. The van der Waals surface area contributed by atoms with Crippen LogP contribution >= 0.6 is 0 Å². The van der Waals surface area contributed by atoms with E-state index in [0.717, 1.165) is 0 Å². The van der Waals surface area contributed by atoms with Crippen LogP contribution < -0.4 is 0 Å². The molecule has 16 heavy (non-hydrogen) atoms. The van der Waals surface area contributed by atoms with Gasteiger partial charge in [0.1, 0.15) is 18.3 Å². The summed E-state index contributed by atoms with van der Waals surface area (Å²) in [4.78, 5) is 0. The molecule has 0 bridgehead atoms. The minimum Gasteiger partial charge on any atom is -0.388 e. The third kappa shape index (κ3) is 3.33. The highest BCUT2D eigenvalue weighted by molar-refractivity contribution is 7.80. The smallest absolute Gasteiger partial charge is 0.388 e. The van der Waals surface area contributed by atoms with Crippen molar-refractivity contribution in [2.45, 2.75) is 30.7 Å². The molecule has 1 fully saturated rings. The summed E-state index contributed by atoms with van der Waals surface area (Å²) in [5, 5.41) is 36.1. The first-order valence-electron chi connectivity index (χ1n) is 4.22. The number of hydrogen-bond donors (Lipinski definition) is 5. The normalized spacial score (nSPS) is 33.2. The Morgan fingerprint density at radius 3 is 2.19 bits per heavy atom. The van der Waals surface area contributed by atoms with Crippen molar-refractivity contribution in [3.63, 3.8) is 0 Å². The molecule has 0 aliphatic carbocycles. The lowest BCUT2D eigenvalue weighted by Gasteiger charge is -2.25. The second-order valence-corrected chi connectivity index (χ2v) is 4.31. The highest BCUT2D eigenvalue weighted by Gasteiger charge is 2.44. The monoisotopic (exact) mass is 260 g/mol. The van der Waals surface area contributed by atoms with Crippen molar-refractivity contribution in [2.75, 3.05) is 6.61 Å². The van der Waals surface area contributed by atoms with Gasteiger partial charge in [0.2, 0.25) is 0 Å². The predicted octanol–water partition coefficient (Wildman–Crippen LogP) is -3.39. The molecular formula is C6H12O9S. The molecule has 1 aliphatic heterocycles. The lowest BCUT2D eigenvalue weighted by molar-refractivity contribution is -0.163. The van der Waals surface area contributed by atoms with Crippen molar-refractivity contribution in [2.24, 2.45) is 0 Å². The summed E-state index contributed by atoms with van der Waals surface area (Å²) >= 11 is 0. The molecule has 1 heterocycles. The predicted molar refractivity (Wildman–Crippen MR) is 46.4 cm³/mol. The van der Waals surface area contributed by atoms with Gasteiger partial charge < -0.3 is 25.2 Å². The van der Waals surface area contributed by atoms with Crippen LogP contribution in [0.2, 0.25) is 0 Å². The minimum atomic E-state index is -4.94. The van der Waals surface area contributed by atoms with E-state index in [0.29, 0.717) is 0 Å². The van der Waals surface area contributed by atoms with Crippen LogP contribution in [0.4, 0.5) is 0 Å². The van der Waals surface area contributed by atoms with E-state index in [1.807, 2.05) is 0 Å². The topological polar surface area (TPSA) is 154 Å². The molecular weight excluding hydrogens is 248 g/mol. The summed E-state index contributed by atoms with van der Waals surface area (Å²) in [6.07, 6.45) is -8.56. The first-order chi connectivity index (χ1) is 7.22. The van der Waals surface area contributed by atoms with Crippen molar-refractivity contribution >= 4 is 10.4 Å². The molecule has 0 saturated carbocycles. The van der Waals surface area contributed by atoms with E-state index in [1.54, 1.807) is 0 Å². The summed E-state index contributed by atoms with van der Waals surface area (Å²) in [5.74, 6) is 0. The van der Waals surface area contributed by atoms with Crippen molar-refractivity contribution in [1.82, 2.24) is 0 Å². The Morgan fingerprint density at radius 2 is 1.88 bits per heavy atom. The van der Waals surface area contributed by atoms with E-state index in [4.69, 9.17) is 24.6 Å². The Balaban J connectivity index is 2.79. The van der Waals surface area contributed by atoms with Gasteiger partial charge in [-0.3, -0.25) is 4.55 Å². The van der Waals surface area contributed by atoms with Crippen LogP contribution in [0, 0.1) is 0 Å². The fourth-order valence-corrected chi connectivity index (χ4v) is 1.82. The fourth-order valence-electron chi connectivity index (χ4n) is 1.33. The van der Waals surface area contributed by atoms with Crippen LogP contribution in [0.15, 0.2) is 0 Å². The largest absolute Gasteiger partial charge is 0.397 e. The summed E-state index contributed by atoms with van der Waals surface area (Å²) < 4.78 is 37.8. The van der Waals surface area contributed by atoms with Crippen molar-refractivity contribution < 1.29 is 42.3 Å². The summed E-state index contributed by atoms with van der Waals surface area (Å²) in [7, 11) is -4.94. The second kappa shape index (κ2) is 4.89. The van der Waals surface area contributed by atoms with Crippen molar-refractivity contribution in [3.8, 4) is 0 Å². The third-order valence-corrected chi connectivity index (χ3v) is 2.51. The zero-order valence-electron chi connectivity index (χ0n) is 7.87. The highest BCUT2D eigenvalue weighted by atomic mass is 32.3. The van der Waals surface area contributed by atoms with Gasteiger partial charge in [-0.15, -0.1) is 0 Å². The van der Waals surface area contributed by atoms with Gasteiger partial charge in [0.25, 0.3) is 0 Å². The Bertz CT molecular complexity index is 325. The molecule has 96 valence electrons. The summed E-state index contributed by atoms with van der Waals surface area (Å²) in [6, 6.07) is 0. The molecule has 4 unspecified atom stereocenters. The molecule has 1 saturated heterocycles. The van der Waals surface area contributed by atoms with E-state index in [1.165, 1.54) is 0 Å². The van der Waals surface area contributed by atoms with Gasteiger partial charge in [-0.1, -0.05) is 0 Å². The maximum absolute atomic E-state index is 10.4. The van der Waals surface area contributed by atoms with Crippen LogP contribution in [0.25, 0.3) is 0 Å². The highest BCUT2D eigenvalue weighted by Crippen LogP contribution is 2.22. The molecule has 9 nitrogen and oxygen atoms in total. The molecule has 10 heteroatoms. The maximum Gasteiger partial charge on any atom is 0.397 e. The Hall–Kier alpha value is -0.330. The summed E-state index contributed by atoms with van der Waals surface area (Å²) in [6.45, 7) is -0.316. The average Bonchev–Trinajstić information content (AvgIpc) is 2.42. The van der Waals surface area contributed by atoms with E-state index >= 15 is 0 Å². The molecule has 5 N–H and O–H groups in total. The van der Waals surface area contributed by atoms with Gasteiger partial charge in [-0.25, -0.2) is 4.18 Å². The lowest BCUT2D eigenvalue weighted by Crippen LogP contribution is -2.47. The van der Waals surface area contributed by atoms with Gasteiger partial charge in [0.15, 0.2) is 12.4 Å². The molecule has 1 rings (SSSR count). The number of aliphatic hydroxyl groups excluding tert-OH is 3. The third-order valence-electron chi connectivity index (χ3n) is 2.04. The van der Waals surface area contributed by atoms with Crippen molar-refractivity contribution in [1.29, 1.82) is 0 Å². The van der Waals surface area contributed by atoms with Gasteiger partial charge in [0, 0.05) is 0 Å². The first-order valence-corrected chi connectivity index (χ1v) is 5.58. The standard InChI is InChI=1S/C6H12O9S/c7-2-1-14-4(3(2)8)5(6(9)10)15-16(11,12)13/h2-10H,1H2,(H,11,12,13). The molecule has 1 aliphatic rings. The SMILES string of the molecule is O=S(=O)(O)OC(C(O)O)C1OCC(O)C1O. The Kier molecular flexibility index (Phi) is 4.20. The molecule has 0 amide bonds. The zero-order valence-corrected chi connectivity index (χ0v) is 8.69. The van der Waals surface area contributed by atoms with Gasteiger partial charge in [-0.05, 0) is 0 Å². The van der Waals surface area contributed by atoms with Crippen LogP contribution in [-0.4, -0.2) is 70.7 Å². The quantitative estimate of drug-likeness (QED) is 0.257. The Labute approximate surface area is 90.8 Å². The lowest BCUT2D eigenvalue weighted by atomic mass is 10.1. The number of hydrogen-bond acceptors (Lipinski definition) is 8. The first kappa shape index (κ1) is 13.7. The second-order valence-electron chi connectivity index (χ2n) is 3.26. The number of ether oxygens (including phenoxy) is 1.